The van der Waals surface area contributed by atoms with Gasteiger partial charge in [-0.1, -0.05) is 11.6 Å². The van der Waals surface area contributed by atoms with Crippen LogP contribution in [0.1, 0.15) is 39.6 Å². The van der Waals surface area contributed by atoms with E-state index in [0.717, 1.165) is 30.1 Å². The number of hydrogen-bond acceptors (Lipinski definition) is 8. The Bertz CT molecular complexity index is 1200. The summed E-state index contributed by atoms with van der Waals surface area (Å²) in [5.74, 6) is -1.23. The summed E-state index contributed by atoms with van der Waals surface area (Å²) in [5.41, 5.74) is 4.06. The number of thiazole rings is 1. The molecule has 0 saturated heterocycles. The summed E-state index contributed by atoms with van der Waals surface area (Å²) in [6.07, 6.45) is 2.24. The van der Waals surface area contributed by atoms with Gasteiger partial charge >= 0.3 is 0 Å². The van der Waals surface area contributed by atoms with Crippen molar-refractivity contribution in [2.45, 2.75) is 44.3 Å². The number of benzene rings is 1. The van der Waals surface area contributed by atoms with Crippen molar-refractivity contribution in [3.63, 3.8) is 0 Å². The van der Waals surface area contributed by atoms with Crippen molar-refractivity contribution < 1.29 is 19.2 Å². The van der Waals surface area contributed by atoms with E-state index in [2.05, 4.69) is 36.3 Å². The number of hydroxylamine groups is 1. The van der Waals surface area contributed by atoms with E-state index >= 15 is 0 Å². The van der Waals surface area contributed by atoms with E-state index in [1.54, 1.807) is 31.3 Å². The van der Waals surface area contributed by atoms with Gasteiger partial charge in [0, 0.05) is 48.1 Å². The number of carbonyl (C=O) groups excluding carboxylic acids is 3. The average Bonchev–Trinajstić information content (AvgIpc) is 3.33. The van der Waals surface area contributed by atoms with E-state index in [1.807, 2.05) is 7.05 Å². The predicted octanol–water partition coefficient (Wildman–Crippen LogP) is 1.99. The molecule has 204 valence electrons. The van der Waals surface area contributed by atoms with Crippen LogP contribution >= 0.6 is 22.9 Å². The van der Waals surface area contributed by atoms with Crippen LogP contribution < -0.4 is 21.4 Å². The Balaban J connectivity index is 1.54. The fourth-order valence-electron chi connectivity index (χ4n) is 4.67. The lowest BCUT2D eigenvalue weighted by Gasteiger charge is -2.34. The first-order valence-corrected chi connectivity index (χ1v) is 13.6. The molecule has 0 bridgehead atoms. The minimum Gasteiger partial charge on any atom is -0.359 e. The number of fused-ring (bicyclic) bond motifs is 1. The van der Waals surface area contributed by atoms with Gasteiger partial charge in [-0.3, -0.25) is 24.2 Å². The molecule has 1 aromatic heterocycles. The minimum absolute atomic E-state index is 0.0437. The molecule has 38 heavy (non-hydrogen) atoms. The van der Waals surface area contributed by atoms with Gasteiger partial charge in [0.05, 0.1) is 24.9 Å². The lowest BCUT2D eigenvalue weighted by molar-refractivity contribution is -0.125. The van der Waals surface area contributed by atoms with Crippen LogP contribution in [0, 0.1) is 5.92 Å². The van der Waals surface area contributed by atoms with Gasteiger partial charge in [-0.15, -0.1) is 11.3 Å². The zero-order chi connectivity index (χ0) is 27.2. The fourth-order valence-corrected chi connectivity index (χ4v) is 5.89. The maximum Gasteiger partial charge on any atom is 0.292 e. The first kappa shape index (κ1) is 28.0. The molecule has 4 N–H and O–H groups in total. The van der Waals surface area contributed by atoms with Crippen LogP contribution in [-0.2, 0) is 27.4 Å². The van der Waals surface area contributed by atoms with E-state index in [-0.39, 0.29) is 23.6 Å². The SMILES string of the molecule is CNC(=O)[C@H]1CC[C@H](N=C(NOC)C(=O)Nc2ccc(Cl)cc2)[C@H](NC(=O)c2nc3c(s2)CN(C)CC3)C1. The van der Waals surface area contributed by atoms with Crippen LogP contribution in [0.4, 0.5) is 5.69 Å². The van der Waals surface area contributed by atoms with Crippen molar-refractivity contribution in [3.8, 4) is 0 Å². The number of amides is 3. The van der Waals surface area contributed by atoms with Crippen molar-refractivity contribution in [3.05, 3.63) is 44.9 Å². The Labute approximate surface area is 230 Å². The number of hydrogen-bond donors (Lipinski definition) is 4. The van der Waals surface area contributed by atoms with Crippen molar-refractivity contribution in [2.24, 2.45) is 10.9 Å². The van der Waals surface area contributed by atoms with Gasteiger partial charge in [0.1, 0.15) is 0 Å². The highest BCUT2D eigenvalue weighted by atomic mass is 35.5. The molecular weight excluding hydrogens is 530 g/mol. The molecule has 1 fully saturated rings. The minimum atomic E-state index is -0.510. The van der Waals surface area contributed by atoms with Crippen LogP contribution in [0.2, 0.25) is 5.02 Å². The third-order valence-corrected chi connectivity index (χ3v) is 8.01. The summed E-state index contributed by atoms with van der Waals surface area (Å²) < 4.78 is 0. The molecule has 2 aromatic rings. The van der Waals surface area contributed by atoms with Gasteiger partial charge in [-0.2, -0.15) is 0 Å². The van der Waals surface area contributed by atoms with E-state index < -0.39 is 18.0 Å². The number of aromatic nitrogens is 1. The summed E-state index contributed by atoms with van der Waals surface area (Å²) in [6.45, 7) is 1.67. The largest absolute Gasteiger partial charge is 0.359 e. The maximum absolute atomic E-state index is 13.3. The normalized spacial score (nSPS) is 21.8. The highest BCUT2D eigenvalue weighted by Gasteiger charge is 2.36. The highest BCUT2D eigenvalue weighted by molar-refractivity contribution is 7.13. The van der Waals surface area contributed by atoms with Gasteiger partial charge in [0.25, 0.3) is 11.8 Å². The second kappa shape index (κ2) is 12.7. The average molecular weight is 562 g/mol. The molecule has 1 saturated carbocycles. The fraction of sp³-hybridized carbons (Fsp3) is 0.480. The van der Waals surface area contributed by atoms with Crippen LogP contribution in [-0.4, -0.2) is 73.3 Å². The summed E-state index contributed by atoms with van der Waals surface area (Å²) in [7, 11) is 5.02. The Morgan fingerprint density at radius 3 is 2.68 bits per heavy atom. The van der Waals surface area contributed by atoms with Crippen LogP contribution in [0.3, 0.4) is 0 Å². The molecule has 0 spiro atoms. The van der Waals surface area contributed by atoms with Gasteiger partial charge in [0.15, 0.2) is 5.01 Å². The number of aliphatic imine (C=N–C) groups is 1. The van der Waals surface area contributed by atoms with Crippen LogP contribution in [0.15, 0.2) is 29.3 Å². The number of anilines is 1. The van der Waals surface area contributed by atoms with Crippen LogP contribution in [0.25, 0.3) is 0 Å². The van der Waals surface area contributed by atoms with E-state index in [4.69, 9.17) is 16.4 Å². The number of amidine groups is 1. The van der Waals surface area contributed by atoms with Crippen molar-refractivity contribution in [1.82, 2.24) is 26.0 Å². The van der Waals surface area contributed by atoms with Crippen LogP contribution in [0.5, 0.6) is 0 Å². The number of likely N-dealkylation sites (N-methyl/N-ethyl adjacent to an activating group) is 1. The van der Waals surface area contributed by atoms with Gasteiger partial charge in [-0.25, -0.2) is 10.5 Å². The second-order valence-corrected chi connectivity index (χ2v) is 10.9. The van der Waals surface area contributed by atoms with Gasteiger partial charge < -0.3 is 20.9 Å². The smallest absolute Gasteiger partial charge is 0.292 e. The van der Waals surface area contributed by atoms with Gasteiger partial charge in [0.2, 0.25) is 11.7 Å². The molecular formula is C25H32ClN7O4S. The maximum atomic E-state index is 13.3. The molecule has 3 atom stereocenters. The summed E-state index contributed by atoms with van der Waals surface area (Å²) in [4.78, 5) is 56.2. The van der Waals surface area contributed by atoms with E-state index in [0.29, 0.717) is 35.0 Å². The Morgan fingerprint density at radius 1 is 1.21 bits per heavy atom. The van der Waals surface area contributed by atoms with Crippen molar-refractivity contribution in [1.29, 1.82) is 0 Å². The van der Waals surface area contributed by atoms with Crippen molar-refractivity contribution in [2.75, 3.05) is 33.1 Å². The molecule has 0 unspecified atom stereocenters. The molecule has 1 aliphatic carbocycles. The predicted molar refractivity (Wildman–Crippen MR) is 146 cm³/mol. The Morgan fingerprint density at radius 2 is 1.97 bits per heavy atom. The molecule has 13 heteroatoms. The number of nitrogens with zero attached hydrogens (tertiary/aromatic N) is 3. The molecule has 11 nitrogen and oxygen atoms in total. The molecule has 2 heterocycles. The summed E-state index contributed by atoms with van der Waals surface area (Å²) in [6, 6.07) is 5.73. The Kier molecular flexibility index (Phi) is 9.31. The quantitative estimate of drug-likeness (QED) is 0.240. The first-order chi connectivity index (χ1) is 18.3. The standard InChI is InChI=1S/C25H32ClN7O4S/c1-27-22(34)14-4-9-17(29-21(32-37-3)23(35)28-16-7-5-15(26)6-8-16)19(12-14)30-24(36)25-31-18-10-11-33(2)13-20(18)38-25/h5-8,14,17,19H,4,9-13H2,1-3H3,(H,27,34)(H,28,35)(H,29,32)(H,30,36)/t14-,17-,19+/m0/s1. The summed E-state index contributed by atoms with van der Waals surface area (Å²) >= 11 is 7.33. The zero-order valence-electron chi connectivity index (χ0n) is 21.5. The van der Waals surface area contributed by atoms with Gasteiger partial charge in [-0.05, 0) is 50.6 Å². The molecule has 2 aliphatic rings. The van der Waals surface area contributed by atoms with Crippen molar-refractivity contribution >= 4 is 52.2 Å². The molecule has 0 radical (unpaired) electrons. The first-order valence-electron chi connectivity index (χ1n) is 12.4. The van der Waals surface area contributed by atoms with E-state index in [1.165, 1.54) is 18.4 Å². The lowest BCUT2D eigenvalue weighted by Crippen LogP contribution is -2.50. The zero-order valence-corrected chi connectivity index (χ0v) is 23.1. The third-order valence-electron chi connectivity index (χ3n) is 6.67. The molecule has 3 amide bonds. The number of halogens is 1. The highest BCUT2D eigenvalue weighted by Crippen LogP contribution is 2.29. The second-order valence-electron chi connectivity index (χ2n) is 9.39. The summed E-state index contributed by atoms with van der Waals surface area (Å²) in [5, 5.41) is 9.44. The van der Waals surface area contributed by atoms with E-state index in [9.17, 15) is 14.4 Å². The number of nitrogens with one attached hydrogen (secondary N) is 4. The lowest BCUT2D eigenvalue weighted by atomic mass is 9.82. The topological polar surface area (TPSA) is 137 Å². The monoisotopic (exact) mass is 561 g/mol. The third kappa shape index (κ3) is 6.87. The number of rotatable bonds is 6. The molecule has 4 rings (SSSR count). The number of carbonyl (C=O) groups is 3. The Hall–Kier alpha value is -3.06. The molecule has 1 aliphatic heterocycles. The molecule has 1 aromatic carbocycles.